The van der Waals surface area contributed by atoms with E-state index in [0.717, 1.165) is 18.5 Å². The average Bonchev–Trinajstić information content (AvgIpc) is 2.37. The summed E-state index contributed by atoms with van der Waals surface area (Å²) in [5.41, 5.74) is 2.63. The number of rotatable bonds is 4. The van der Waals surface area contributed by atoms with Crippen molar-refractivity contribution in [3.8, 4) is 0 Å². The van der Waals surface area contributed by atoms with Gasteiger partial charge >= 0.3 is 5.97 Å². The lowest BCUT2D eigenvalue weighted by atomic mass is 9.75. The van der Waals surface area contributed by atoms with Crippen LogP contribution in [-0.4, -0.2) is 23.7 Å². The molecule has 3 heteroatoms. The fourth-order valence-electron chi connectivity index (χ4n) is 3.01. The number of carboxylic acid groups (broad SMARTS) is 1. The summed E-state index contributed by atoms with van der Waals surface area (Å²) < 4.78 is 0. The first-order valence-electron chi connectivity index (χ1n) is 7.42. The fourth-order valence-corrected chi connectivity index (χ4v) is 3.01. The zero-order valence-electron chi connectivity index (χ0n) is 12.7. The molecule has 1 aliphatic rings. The normalized spacial score (nSPS) is 18.8. The Bertz CT molecular complexity index is 454. The van der Waals surface area contributed by atoms with Crippen molar-refractivity contribution in [1.82, 2.24) is 0 Å². The number of anilines is 1. The van der Waals surface area contributed by atoms with Crippen LogP contribution in [0.15, 0.2) is 24.3 Å². The molecule has 0 amide bonds. The van der Waals surface area contributed by atoms with Crippen LogP contribution >= 0.6 is 0 Å². The minimum Gasteiger partial charge on any atom is -0.480 e. The highest BCUT2D eigenvalue weighted by Crippen LogP contribution is 2.38. The standard InChI is InChI=1S/C17H25NO2/c1-13-4-6-14(7-5-13)18(12-16(19)20)15-8-10-17(2,3)11-9-15/h4-7,15H,8-12H2,1-3H3,(H,19,20). The van der Waals surface area contributed by atoms with Crippen LogP contribution in [0.4, 0.5) is 5.69 Å². The number of hydrogen-bond acceptors (Lipinski definition) is 2. The molecular weight excluding hydrogens is 250 g/mol. The van der Waals surface area contributed by atoms with Crippen LogP contribution in [0.2, 0.25) is 0 Å². The van der Waals surface area contributed by atoms with Gasteiger partial charge in [0.15, 0.2) is 0 Å². The molecule has 0 spiro atoms. The van der Waals surface area contributed by atoms with Gasteiger partial charge in [-0.05, 0) is 50.2 Å². The van der Waals surface area contributed by atoms with Gasteiger partial charge in [-0.3, -0.25) is 4.79 Å². The lowest BCUT2D eigenvalue weighted by Crippen LogP contribution is -2.42. The van der Waals surface area contributed by atoms with Gasteiger partial charge in [-0.15, -0.1) is 0 Å². The minimum atomic E-state index is -0.754. The molecule has 2 rings (SSSR count). The van der Waals surface area contributed by atoms with Gasteiger partial charge in [0.05, 0.1) is 0 Å². The van der Waals surface area contributed by atoms with Crippen molar-refractivity contribution >= 4 is 11.7 Å². The second-order valence-corrected chi connectivity index (χ2v) is 6.75. The number of aryl methyl sites for hydroxylation is 1. The molecule has 20 heavy (non-hydrogen) atoms. The minimum absolute atomic E-state index is 0.0914. The van der Waals surface area contributed by atoms with Crippen LogP contribution in [0.1, 0.15) is 45.1 Å². The van der Waals surface area contributed by atoms with Gasteiger partial charge in [0, 0.05) is 11.7 Å². The van der Waals surface area contributed by atoms with E-state index >= 15 is 0 Å². The van der Waals surface area contributed by atoms with E-state index in [1.807, 2.05) is 12.1 Å². The Kier molecular flexibility index (Phi) is 4.36. The first-order chi connectivity index (χ1) is 9.37. The molecule has 0 unspecified atom stereocenters. The van der Waals surface area contributed by atoms with Gasteiger partial charge in [0.25, 0.3) is 0 Å². The monoisotopic (exact) mass is 275 g/mol. The summed E-state index contributed by atoms with van der Waals surface area (Å²) in [6, 6.07) is 8.53. The Morgan fingerprint density at radius 3 is 2.30 bits per heavy atom. The predicted molar refractivity (Wildman–Crippen MR) is 82.2 cm³/mol. The van der Waals surface area contributed by atoms with Crippen LogP contribution < -0.4 is 4.90 Å². The SMILES string of the molecule is Cc1ccc(N(CC(=O)O)C2CCC(C)(C)CC2)cc1. The van der Waals surface area contributed by atoms with Crippen molar-refractivity contribution in [3.63, 3.8) is 0 Å². The molecule has 0 radical (unpaired) electrons. The number of carbonyl (C=O) groups is 1. The van der Waals surface area contributed by atoms with Crippen molar-refractivity contribution in [2.75, 3.05) is 11.4 Å². The van der Waals surface area contributed by atoms with Crippen LogP contribution in [-0.2, 0) is 4.79 Å². The highest BCUT2D eigenvalue weighted by molar-refractivity contribution is 5.74. The predicted octanol–water partition coefficient (Wildman–Crippen LogP) is 3.85. The number of benzene rings is 1. The van der Waals surface area contributed by atoms with Crippen molar-refractivity contribution in [3.05, 3.63) is 29.8 Å². The Morgan fingerprint density at radius 2 is 1.80 bits per heavy atom. The van der Waals surface area contributed by atoms with E-state index < -0.39 is 5.97 Å². The molecular formula is C17H25NO2. The first-order valence-corrected chi connectivity index (χ1v) is 7.42. The Balaban J connectivity index is 2.15. The number of aliphatic carboxylic acids is 1. The molecule has 0 heterocycles. The molecule has 110 valence electrons. The maximum atomic E-state index is 11.2. The molecule has 0 aliphatic heterocycles. The lowest BCUT2D eigenvalue weighted by molar-refractivity contribution is -0.135. The summed E-state index contributed by atoms with van der Waals surface area (Å²) in [5.74, 6) is -0.754. The van der Waals surface area contributed by atoms with Gasteiger partial charge in [0.2, 0.25) is 0 Å². The quantitative estimate of drug-likeness (QED) is 0.907. The van der Waals surface area contributed by atoms with Gasteiger partial charge in [-0.1, -0.05) is 31.5 Å². The summed E-state index contributed by atoms with van der Waals surface area (Å²) in [4.78, 5) is 13.2. The molecule has 0 atom stereocenters. The second-order valence-electron chi connectivity index (χ2n) is 6.75. The van der Waals surface area contributed by atoms with Crippen molar-refractivity contribution in [1.29, 1.82) is 0 Å². The molecule has 1 aliphatic carbocycles. The zero-order valence-corrected chi connectivity index (χ0v) is 12.7. The third kappa shape index (κ3) is 3.75. The van der Waals surface area contributed by atoms with Crippen molar-refractivity contribution in [2.45, 2.75) is 52.5 Å². The third-order valence-electron chi connectivity index (χ3n) is 4.42. The summed E-state index contributed by atoms with van der Waals surface area (Å²) in [6.07, 6.45) is 4.49. The van der Waals surface area contributed by atoms with E-state index in [-0.39, 0.29) is 6.54 Å². The molecule has 1 aromatic rings. The summed E-state index contributed by atoms with van der Waals surface area (Å²) in [6.45, 7) is 6.75. The van der Waals surface area contributed by atoms with E-state index in [4.69, 9.17) is 0 Å². The number of hydrogen-bond donors (Lipinski definition) is 1. The van der Waals surface area contributed by atoms with E-state index in [1.54, 1.807) is 0 Å². The fraction of sp³-hybridized carbons (Fsp3) is 0.588. The van der Waals surface area contributed by atoms with Crippen molar-refractivity contribution < 1.29 is 9.90 Å². The largest absolute Gasteiger partial charge is 0.480 e. The summed E-state index contributed by atoms with van der Waals surface area (Å²) >= 11 is 0. The molecule has 3 nitrogen and oxygen atoms in total. The molecule has 1 N–H and O–H groups in total. The smallest absolute Gasteiger partial charge is 0.323 e. The molecule has 1 fully saturated rings. The van der Waals surface area contributed by atoms with Crippen LogP contribution in [0.25, 0.3) is 0 Å². The topological polar surface area (TPSA) is 40.5 Å². The second kappa shape index (κ2) is 5.86. The summed E-state index contributed by atoms with van der Waals surface area (Å²) in [7, 11) is 0. The average molecular weight is 275 g/mol. The van der Waals surface area contributed by atoms with Gasteiger partial charge in [-0.25, -0.2) is 0 Å². The first kappa shape index (κ1) is 14.9. The van der Waals surface area contributed by atoms with Crippen LogP contribution in [0, 0.1) is 12.3 Å². The van der Waals surface area contributed by atoms with Crippen molar-refractivity contribution in [2.24, 2.45) is 5.41 Å². The molecule has 1 aromatic carbocycles. The molecule has 0 saturated heterocycles. The Labute approximate surface area is 121 Å². The lowest BCUT2D eigenvalue weighted by Gasteiger charge is -2.40. The van der Waals surface area contributed by atoms with E-state index in [2.05, 4.69) is 37.8 Å². The maximum absolute atomic E-state index is 11.2. The highest BCUT2D eigenvalue weighted by atomic mass is 16.4. The summed E-state index contributed by atoms with van der Waals surface area (Å²) in [5, 5.41) is 9.19. The van der Waals surface area contributed by atoms with Crippen LogP contribution in [0.5, 0.6) is 0 Å². The highest BCUT2D eigenvalue weighted by Gasteiger charge is 2.31. The molecule has 0 aromatic heterocycles. The third-order valence-corrected chi connectivity index (χ3v) is 4.42. The van der Waals surface area contributed by atoms with E-state index in [9.17, 15) is 9.90 Å². The number of nitrogens with zero attached hydrogens (tertiary/aromatic N) is 1. The Morgan fingerprint density at radius 1 is 1.25 bits per heavy atom. The van der Waals surface area contributed by atoms with Crippen LogP contribution in [0.3, 0.4) is 0 Å². The van der Waals surface area contributed by atoms with Gasteiger partial charge in [-0.2, -0.15) is 0 Å². The van der Waals surface area contributed by atoms with E-state index in [0.29, 0.717) is 11.5 Å². The van der Waals surface area contributed by atoms with Gasteiger partial charge in [0.1, 0.15) is 6.54 Å². The zero-order chi connectivity index (χ0) is 14.8. The van der Waals surface area contributed by atoms with Gasteiger partial charge < -0.3 is 10.0 Å². The maximum Gasteiger partial charge on any atom is 0.323 e. The molecule has 1 saturated carbocycles. The van der Waals surface area contributed by atoms with E-state index in [1.165, 1.54) is 18.4 Å². The molecule has 0 bridgehead atoms. The number of carboxylic acids is 1. The Hall–Kier alpha value is -1.51.